The summed E-state index contributed by atoms with van der Waals surface area (Å²) in [4.78, 5) is 6.72. The topological polar surface area (TPSA) is 28.2 Å². The second-order valence-corrected chi connectivity index (χ2v) is 5.63. The van der Waals surface area contributed by atoms with Gasteiger partial charge in [-0.1, -0.05) is 0 Å². The van der Waals surface area contributed by atoms with Crippen LogP contribution in [0.15, 0.2) is 11.6 Å². The Balaban J connectivity index is 1.57. The maximum Gasteiger partial charge on any atom is 0.0937 e. The molecule has 1 aliphatic rings. The molecule has 0 aromatic carbocycles. The van der Waals surface area contributed by atoms with Gasteiger partial charge in [-0.3, -0.25) is 0 Å². The molecule has 0 radical (unpaired) electrons. The lowest BCUT2D eigenvalue weighted by Gasteiger charge is -2.29. The fraction of sp³-hybridized carbons (Fsp3) is 0.750. The Bertz CT molecular complexity index is 286. The van der Waals surface area contributed by atoms with Crippen LogP contribution in [0.25, 0.3) is 0 Å². The lowest BCUT2D eigenvalue weighted by atomic mass is 9.98. The summed E-state index contributed by atoms with van der Waals surface area (Å²) in [5, 5.41) is 6.84. The Morgan fingerprint density at radius 1 is 1.62 bits per heavy atom. The number of nitrogens with zero attached hydrogens (tertiary/aromatic N) is 2. The van der Waals surface area contributed by atoms with Crippen LogP contribution in [-0.2, 0) is 6.42 Å². The minimum atomic E-state index is 0.843. The minimum absolute atomic E-state index is 0.843. The van der Waals surface area contributed by atoms with Crippen LogP contribution in [0.1, 0.15) is 17.8 Å². The lowest BCUT2D eigenvalue weighted by Crippen LogP contribution is -2.37. The molecular formula is C12H21N3S. The smallest absolute Gasteiger partial charge is 0.0937 e. The number of hydrogen-bond acceptors (Lipinski definition) is 4. The van der Waals surface area contributed by atoms with Crippen molar-refractivity contribution in [3.05, 3.63) is 16.6 Å². The fourth-order valence-electron chi connectivity index (χ4n) is 2.32. The van der Waals surface area contributed by atoms with E-state index in [2.05, 4.69) is 22.2 Å². The molecule has 1 aromatic heterocycles. The number of thiazole rings is 1. The van der Waals surface area contributed by atoms with E-state index in [1.807, 2.05) is 11.6 Å². The summed E-state index contributed by atoms with van der Waals surface area (Å²) in [5.74, 6) is 0.843. The third-order valence-electron chi connectivity index (χ3n) is 3.15. The first kappa shape index (κ1) is 12.0. The van der Waals surface area contributed by atoms with Crippen molar-refractivity contribution in [2.24, 2.45) is 5.92 Å². The Hall–Kier alpha value is -0.450. The average molecular weight is 239 g/mol. The van der Waals surface area contributed by atoms with Crippen LogP contribution in [0, 0.1) is 5.92 Å². The van der Waals surface area contributed by atoms with E-state index < -0.39 is 0 Å². The summed E-state index contributed by atoms with van der Waals surface area (Å²) >= 11 is 1.75. The molecule has 1 atom stereocenters. The van der Waals surface area contributed by atoms with Crippen LogP contribution in [0.3, 0.4) is 0 Å². The summed E-state index contributed by atoms with van der Waals surface area (Å²) in [5.41, 5.74) is 0. The molecule has 1 aromatic rings. The molecule has 0 spiro atoms. The largest absolute Gasteiger partial charge is 0.316 e. The Kier molecular flexibility index (Phi) is 4.75. The van der Waals surface area contributed by atoms with Crippen molar-refractivity contribution in [3.8, 4) is 0 Å². The quantitative estimate of drug-likeness (QED) is 0.791. The second-order valence-electron chi connectivity index (χ2n) is 4.65. The zero-order valence-corrected chi connectivity index (χ0v) is 10.8. The standard InChI is InChI=1S/C12H21N3S/c1-15-7-2-3-11(10-15)9-13-5-4-12-14-6-8-16-12/h6,8,11,13H,2-5,7,9-10H2,1H3. The zero-order chi connectivity index (χ0) is 11.2. The van der Waals surface area contributed by atoms with Crippen molar-refractivity contribution < 1.29 is 0 Å². The van der Waals surface area contributed by atoms with Crippen molar-refractivity contribution >= 4 is 11.3 Å². The maximum absolute atomic E-state index is 4.28. The number of nitrogens with one attached hydrogen (secondary N) is 1. The van der Waals surface area contributed by atoms with Gasteiger partial charge >= 0.3 is 0 Å². The van der Waals surface area contributed by atoms with E-state index in [9.17, 15) is 0 Å². The molecule has 1 saturated heterocycles. The van der Waals surface area contributed by atoms with Crippen molar-refractivity contribution in [1.82, 2.24) is 15.2 Å². The predicted octanol–water partition coefficient (Wildman–Crippen LogP) is 1.62. The van der Waals surface area contributed by atoms with Gasteiger partial charge in [-0.15, -0.1) is 11.3 Å². The predicted molar refractivity (Wildman–Crippen MR) is 68.9 cm³/mol. The van der Waals surface area contributed by atoms with Crippen LogP contribution in [0.2, 0.25) is 0 Å². The molecule has 16 heavy (non-hydrogen) atoms. The first-order valence-electron chi connectivity index (χ1n) is 6.12. The van der Waals surface area contributed by atoms with Gasteiger partial charge in [0.05, 0.1) is 5.01 Å². The van der Waals surface area contributed by atoms with Crippen molar-refractivity contribution in [1.29, 1.82) is 0 Å². The first-order chi connectivity index (χ1) is 7.84. The van der Waals surface area contributed by atoms with Crippen LogP contribution < -0.4 is 5.32 Å². The average Bonchev–Trinajstić information content (AvgIpc) is 2.77. The Morgan fingerprint density at radius 3 is 3.31 bits per heavy atom. The van der Waals surface area contributed by atoms with Crippen molar-refractivity contribution in [2.75, 3.05) is 33.2 Å². The normalized spacial score (nSPS) is 22.4. The fourth-order valence-corrected chi connectivity index (χ4v) is 2.94. The van der Waals surface area contributed by atoms with E-state index in [4.69, 9.17) is 0 Å². The third kappa shape index (κ3) is 3.85. The summed E-state index contributed by atoms with van der Waals surface area (Å²) in [7, 11) is 2.22. The number of aromatic nitrogens is 1. The highest BCUT2D eigenvalue weighted by Crippen LogP contribution is 2.13. The van der Waals surface area contributed by atoms with Crippen LogP contribution in [0.4, 0.5) is 0 Å². The highest BCUT2D eigenvalue weighted by atomic mass is 32.1. The Morgan fingerprint density at radius 2 is 2.56 bits per heavy atom. The molecule has 0 aliphatic carbocycles. The van der Waals surface area contributed by atoms with E-state index in [-0.39, 0.29) is 0 Å². The molecule has 2 heterocycles. The minimum Gasteiger partial charge on any atom is -0.316 e. The van der Waals surface area contributed by atoms with E-state index in [1.54, 1.807) is 11.3 Å². The van der Waals surface area contributed by atoms with E-state index in [1.165, 1.54) is 30.9 Å². The molecule has 1 fully saturated rings. The summed E-state index contributed by atoms with van der Waals surface area (Å²) in [6.45, 7) is 4.75. The SMILES string of the molecule is CN1CCCC(CNCCc2nccs2)C1. The molecule has 2 rings (SSSR count). The van der Waals surface area contributed by atoms with Crippen molar-refractivity contribution in [3.63, 3.8) is 0 Å². The molecule has 0 saturated carbocycles. The van der Waals surface area contributed by atoms with Crippen LogP contribution in [-0.4, -0.2) is 43.1 Å². The molecule has 90 valence electrons. The lowest BCUT2D eigenvalue weighted by molar-refractivity contribution is 0.206. The van der Waals surface area contributed by atoms with Gasteiger partial charge in [0.2, 0.25) is 0 Å². The molecule has 4 heteroatoms. The van der Waals surface area contributed by atoms with E-state index in [0.717, 1.165) is 25.4 Å². The highest BCUT2D eigenvalue weighted by molar-refractivity contribution is 7.09. The second kappa shape index (κ2) is 6.33. The maximum atomic E-state index is 4.28. The zero-order valence-electron chi connectivity index (χ0n) is 9.98. The van der Waals surface area contributed by atoms with Gasteiger partial charge in [0.1, 0.15) is 0 Å². The van der Waals surface area contributed by atoms with Gasteiger partial charge in [-0.25, -0.2) is 4.98 Å². The number of likely N-dealkylation sites (tertiary alicyclic amines) is 1. The molecular weight excluding hydrogens is 218 g/mol. The van der Waals surface area contributed by atoms with E-state index >= 15 is 0 Å². The highest BCUT2D eigenvalue weighted by Gasteiger charge is 2.16. The molecule has 0 bridgehead atoms. The monoisotopic (exact) mass is 239 g/mol. The van der Waals surface area contributed by atoms with Gasteiger partial charge in [-0.05, 0) is 38.9 Å². The van der Waals surface area contributed by atoms with Gasteiger partial charge in [0.15, 0.2) is 0 Å². The first-order valence-corrected chi connectivity index (χ1v) is 7.00. The summed E-state index contributed by atoms with van der Waals surface area (Å²) < 4.78 is 0. The van der Waals surface area contributed by atoms with Gasteiger partial charge in [-0.2, -0.15) is 0 Å². The van der Waals surface area contributed by atoms with Crippen LogP contribution >= 0.6 is 11.3 Å². The summed E-state index contributed by atoms with van der Waals surface area (Å²) in [6, 6.07) is 0. The van der Waals surface area contributed by atoms with Gasteiger partial charge in [0, 0.05) is 31.1 Å². The van der Waals surface area contributed by atoms with E-state index in [0.29, 0.717) is 0 Å². The number of piperidine rings is 1. The Labute approximate surface area is 102 Å². The molecule has 1 aliphatic heterocycles. The van der Waals surface area contributed by atoms with Crippen LogP contribution in [0.5, 0.6) is 0 Å². The molecule has 0 amide bonds. The summed E-state index contributed by atoms with van der Waals surface area (Å²) in [6.07, 6.45) is 5.69. The molecule has 1 unspecified atom stereocenters. The molecule has 1 N–H and O–H groups in total. The van der Waals surface area contributed by atoms with Crippen molar-refractivity contribution in [2.45, 2.75) is 19.3 Å². The molecule has 3 nitrogen and oxygen atoms in total. The van der Waals surface area contributed by atoms with Gasteiger partial charge in [0.25, 0.3) is 0 Å². The number of rotatable bonds is 5. The third-order valence-corrected chi connectivity index (χ3v) is 3.99. The van der Waals surface area contributed by atoms with Gasteiger partial charge < -0.3 is 10.2 Å². The number of hydrogen-bond donors (Lipinski definition) is 1.